The second-order valence-electron chi connectivity index (χ2n) is 8.31. The predicted octanol–water partition coefficient (Wildman–Crippen LogP) is 4.98. The molecule has 2 N–H and O–H groups in total. The molecule has 0 aromatic heterocycles. The van der Waals surface area contributed by atoms with Crippen LogP contribution in [0.15, 0.2) is 17.2 Å². The van der Waals surface area contributed by atoms with Crippen LogP contribution in [0, 0.1) is 0 Å². The van der Waals surface area contributed by atoms with Gasteiger partial charge in [0.25, 0.3) is 5.91 Å². The SMILES string of the molecule is CCCCCCCCCCCCCC(=O)NCC(=O)NN=Cc1cc(OC)c(OC)c(OC)c1. The van der Waals surface area contributed by atoms with E-state index in [0.29, 0.717) is 29.2 Å². The van der Waals surface area contributed by atoms with Crippen molar-refractivity contribution in [2.24, 2.45) is 5.10 Å². The summed E-state index contributed by atoms with van der Waals surface area (Å²) in [5.41, 5.74) is 3.07. The molecule has 2 amide bonds. The molecule has 0 saturated heterocycles. The highest BCUT2D eigenvalue weighted by molar-refractivity contribution is 5.87. The fraction of sp³-hybridized carbons (Fsp3) is 0.654. The molecular formula is C26H43N3O5. The van der Waals surface area contributed by atoms with E-state index >= 15 is 0 Å². The van der Waals surface area contributed by atoms with E-state index in [4.69, 9.17) is 14.2 Å². The third-order valence-electron chi connectivity index (χ3n) is 5.54. The van der Waals surface area contributed by atoms with Crippen LogP contribution < -0.4 is 25.0 Å². The lowest BCUT2D eigenvalue weighted by molar-refractivity contribution is -0.126. The third kappa shape index (κ3) is 12.5. The average Bonchev–Trinajstić information content (AvgIpc) is 2.85. The van der Waals surface area contributed by atoms with E-state index in [1.54, 1.807) is 12.1 Å². The second kappa shape index (κ2) is 18.6. The van der Waals surface area contributed by atoms with Gasteiger partial charge in [-0.15, -0.1) is 0 Å². The Morgan fingerprint density at radius 1 is 0.794 bits per heavy atom. The van der Waals surface area contributed by atoms with Gasteiger partial charge in [-0.25, -0.2) is 5.43 Å². The summed E-state index contributed by atoms with van der Waals surface area (Å²) in [6.45, 7) is 2.13. The normalized spacial score (nSPS) is 10.8. The number of unbranched alkanes of at least 4 members (excludes halogenated alkanes) is 10. The van der Waals surface area contributed by atoms with Crippen molar-refractivity contribution >= 4 is 18.0 Å². The Morgan fingerprint density at radius 3 is 1.82 bits per heavy atom. The van der Waals surface area contributed by atoms with Crippen LogP contribution in [0.5, 0.6) is 17.2 Å². The number of nitrogens with zero attached hydrogens (tertiary/aromatic N) is 1. The first-order valence-electron chi connectivity index (χ1n) is 12.4. The molecule has 1 aromatic carbocycles. The molecule has 192 valence electrons. The maximum Gasteiger partial charge on any atom is 0.259 e. The number of hydrogen-bond acceptors (Lipinski definition) is 6. The van der Waals surface area contributed by atoms with E-state index in [9.17, 15) is 9.59 Å². The molecule has 0 heterocycles. The smallest absolute Gasteiger partial charge is 0.259 e. The molecular weight excluding hydrogens is 434 g/mol. The summed E-state index contributed by atoms with van der Waals surface area (Å²) >= 11 is 0. The highest BCUT2D eigenvalue weighted by Gasteiger charge is 2.12. The number of methoxy groups -OCH3 is 3. The molecule has 34 heavy (non-hydrogen) atoms. The third-order valence-corrected chi connectivity index (χ3v) is 5.54. The number of nitrogens with one attached hydrogen (secondary N) is 2. The van der Waals surface area contributed by atoms with Crippen LogP contribution in [0.4, 0.5) is 0 Å². The number of carbonyl (C=O) groups excluding carboxylic acids is 2. The Balaban J connectivity index is 2.18. The average molecular weight is 478 g/mol. The quantitative estimate of drug-likeness (QED) is 0.166. The van der Waals surface area contributed by atoms with Gasteiger partial charge >= 0.3 is 0 Å². The van der Waals surface area contributed by atoms with Crippen LogP contribution in [-0.2, 0) is 9.59 Å². The molecule has 0 aliphatic rings. The van der Waals surface area contributed by atoms with Gasteiger partial charge in [-0.1, -0.05) is 71.1 Å². The first-order valence-corrected chi connectivity index (χ1v) is 12.4. The monoisotopic (exact) mass is 477 g/mol. The van der Waals surface area contributed by atoms with Crippen molar-refractivity contribution in [2.45, 2.75) is 84.0 Å². The molecule has 0 spiro atoms. The summed E-state index contributed by atoms with van der Waals surface area (Å²) in [5, 5.41) is 6.57. The molecule has 0 radical (unpaired) electrons. The minimum absolute atomic E-state index is 0.108. The van der Waals surface area contributed by atoms with E-state index in [-0.39, 0.29) is 12.5 Å². The van der Waals surface area contributed by atoms with Gasteiger partial charge < -0.3 is 19.5 Å². The lowest BCUT2D eigenvalue weighted by Crippen LogP contribution is -2.34. The zero-order valence-electron chi connectivity index (χ0n) is 21.4. The van der Waals surface area contributed by atoms with Gasteiger partial charge in [0.2, 0.25) is 11.7 Å². The predicted molar refractivity (Wildman–Crippen MR) is 136 cm³/mol. The second-order valence-corrected chi connectivity index (χ2v) is 8.31. The Labute approximate surface area is 204 Å². The van der Waals surface area contributed by atoms with Gasteiger partial charge in [0.15, 0.2) is 11.5 Å². The molecule has 0 aliphatic heterocycles. The molecule has 8 nitrogen and oxygen atoms in total. The topological polar surface area (TPSA) is 98.3 Å². The molecule has 0 fully saturated rings. The van der Waals surface area contributed by atoms with Gasteiger partial charge in [-0.3, -0.25) is 9.59 Å². The molecule has 0 aliphatic carbocycles. The van der Waals surface area contributed by atoms with Gasteiger partial charge in [-0.2, -0.15) is 5.10 Å². The summed E-state index contributed by atoms with van der Waals surface area (Å²) in [5.74, 6) is 0.955. The highest BCUT2D eigenvalue weighted by atomic mass is 16.5. The number of hydrogen-bond donors (Lipinski definition) is 2. The van der Waals surface area contributed by atoms with E-state index < -0.39 is 5.91 Å². The number of ether oxygens (including phenoxy) is 3. The van der Waals surface area contributed by atoms with E-state index in [0.717, 1.165) is 12.8 Å². The Kier molecular flexibility index (Phi) is 16.0. The van der Waals surface area contributed by atoms with Crippen LogP contribution in [0.2, 0.25) is 0 Å². The number of hydrazone groups is 1. The van der Waals surface area contributed by atoms with Gasteiger partial charge in [0, 0.05) is 12.0 Å². The van der Waals surface area contributed by atoms with E-state index in [2.05, 4.69) is 22.8 Å². The van der Waals surface area contributed by atoms with Crippen molar-refractivity contribution in [1.82, 2.24) is 10.7 Å². The fourth-order valence-corrected chi connectivity index (χ4v) is 3.61. The number of benzene rings is 1. The lowest BCUT2D eigenvalue weighted by Gasteiger charge is -2.12. The maximum absolute atomic E-state index is 11.9. The van der Waals surface area contributed by atoms with Gasteiger partial charge in [-0.05, 0) is 18.6 Å². The number of amides is 2. The van der Waals surface area contributed by atoms with Crippen molar-refractivity contribution in [3.63, 3.8) is 0 Å². The fourth-order valence-electron chi connectivity index (χ4n) is 3.61. The minimum atomic E-state index is -0.393. The molecule has 1 rings (SSSR count). The first-order chi connectivity index (χ1) is 16.5. The van der Waals surface area contributed by atoms with Crippen LogP contribution >= 0.6 is 0 Å². The molecule has 1 aromatic rings. The van der Waals surface area contributed by atoms with Crippen molar-refractivity contribution in [1.29, 1.82) is 0 Å². The summed E-state index contributed by atoms with van der Waals surface area (Å²) in [4.78, 5) is 23.9. The van der Waals surface area contributed by atoms with Crippen LogP contribution in [0.1, 0.15) is 89.5 Å². The summed E-state index contributed by atoms with van der Waals surface area (Å²) in [7, 11) is 4.58. The zero-order chi connectivity index (χ0) is 25.0. The maximum atomic E-state index is 11.9. The number of rotatable bonds is 19. The van der Waals surface area contributed by atoms with Gasteiger partial charge in [0.05, 0.1) is 34.1 Å². The Morgan fingerprint density at radius 2 is 1.32 bits per heavy atom. The molecule has 0 atom stereocenters. The minimum Gasteiger partial charge on any atom is -0.493 e. The highest BCUT2D eigenvalue weighted by Crippen LogP contribution is 2.37. The van der Waals surface area contributed by atoms with Crippen molar-refractivity contribution in [3.05, 3.63) is 17.7 Å². The van der Waals surface area contributed by atoms with E-state index in [1.165, 1.54) is 85.3 Å². The van der Waals surface area contributed by atoms with Gasteiger partial charge in [0.1, 0.15) is 0 Å². The summed E-state index contributed by atoms with van der Waals surface area (Å²) in [6.07, 6.45) is 15.5. The molecule has 0 saturated carbocycles. The van der Waals surface area contributed by atoms with Crippen LogP contribution in [0.25, 0.3) is 0 Å². The van der Waals surface area contributed by atoms with Crippen molar-refractivity contribution < 1.29 is 23.8 Å². The van der Waals surface area contributed by atoms with Crippen molar-refractivity contribution in [2.75, 3.05) is 27.9 Å². The Bertz CT molecular complexity index is 727. The van der Waals surface area contributed by atoms with Crippen LogP contribution in [0.3, 0.4) is 0 Å². The molecule has 8 heteroatoms. The van der Waals surface area contributed by atoms with Crippen LogP contribution in [-0.4, -0.2) is 45.9 Å². The van der Waals surface area contributed by atoms with Crippen molar-refractivity contribution in [3.8, 4) is 17.2 Å². The lowest BCUT2D eigenvalue weighted by atomic mass is 10.1. The zero-order valence-corrected chi connectivity index (χ0v) is 21.4. The van der Waals surface area contributed by atoms with E-state index in [1.807, 2.05) is 0 Å². The molecule has 0 unspecified atom stereocenters. The molecule has 0 bridgehead atoms. The summed E-state index contributed by atoms with van der Waals surface area (Å²) in [6, 6.07) is 3.43. The standard InChI is InChI=1S/C26H43N3O5/c1-5-6-7-8-9-10-11-12-13-14-15-16-24(30)27-20-25(31)29-28-19-21-17-22(32-2)26(34-4)23(18-21)33-3/h17-19H,5-16,20H2,1-4H3,(H,27,30)(H,29,31). The summed E-state index contributed by atoms with van der Waals surface area (Å²) < 4.78 is 15.9. The number of carbonyl (C=O) groups is 2. The Hall–Kier alpha value is -2.77. The first kappa shape index (κ1) is 29.3. The largest absolute Gasteiger partial charge is 0.493 e.